The molecule has 2 atom stereocenters. The van der Waals surface area contributed by atoms with E-state index in [0.29, 0.717) is 12.0 Å². The van der Waals surface area contributed by atoms with E-state index in [-0.39, 0.29) is 11.9 Å². The molecule has 1 N–H and O–H groups in total. The molecule has 7 heteroatoms. The average molecular weight is 475 g/mol. The molecule has 1 aliphatic heterocycles. The Labute approximate surface area is 196 Å². The molecule has 0 bridgehead atoms. The molecule has 1 aliphatic rings. The van der Waals surface area contributed by atoms with Gasteiger partial charge in [0.1, 0.15) is 0 Å². The fourth-order valence-corrected chi connectivity index (χ4v) is 5.71. The number of cyclic esters (lactones) is 1. The van der Waals surface area contributed by atoms with Gasteiger partial charge < -0.3 is 14.4 Å². The standard InChI is InChI=1S/C25H47O6P/c1-4-5-6-7-8-9-10-11-12-13-14-15-16-17-18-19-20-23-21-24(27)30-25(23)32(28,29-3)31-22(2)26/h22,26H,4-21H2,1-3H3. The van der Waals surface area contributed by atoms with Gasteiger partial charge in [-0.15, -0.1) is 0 Å². The lowest BCUT2D eigenvalue weighted by Gasteiger charge is -2.19. The zero-order chi connectivity index (χ0) is 23.7. The van der Waals surface area contributed by atoms with Gasteiger partial charge in [-0.2, -0.15) is 0 Å². The molecular formula is C25H47O6P. The van der Waals surface area contributed by atoms with Crippen LogP contribution in [0, 0.1) is 0 Å². The Balaban J connectivity index is 2.08. The van der Waals surface area contributed by atoms with E-state index in [1.54, 1.807) is 0 Å². The number of carbonyl (C=O) groups excluding carboxylic acids is 1. The minimum Gasteiger partial charge on any atom is -0.418 e. The quantitative estimate of drug-likeness (QED) is 0.0785. The van der Waals surface area contributed by atoms with Gasteiger partial charge in [0, 0.05) is 7.11 Å². The molecule has 0 amide bonds. The van der Waals surface area contributed by atoms with E-state index in [2.05, 4.69) is 6.92 Å². The summed E-state index contributed by atoms with van der Waals surface area (Å²) >= 11 is 0. The molecule has 0 radical (unpaired) electrons. The van der Waals surface area contributed by atoms with Crippen molar-refractivity contribution in [1.82, 2.24) is 0 Å². The molecular weight excluding hydrogens is 427 g/mol. The smallest absolute Gasteiger partial charge is 0.398 e. The Kier molecular flexibility index (Phi) is 16.3. The molecule has 0 spiro atoms. The van der Waals surface area contributed by atoms with Crippen LogP contribution in [-0.4, -0.2) is 24.5 Å². The van der Waals surface area contributed by atoms with Gasteiger partial charge in [-0.05, 0) is 25.3 Å². The highest BCUT2D eigenvalue weighted by Crippen LogP contribution is 2.60. The van der Waals surface area contributed by atoms with Crippen molar-refractivity contribution in [3.05, 3.63) is 11.1 Å². The van der Waals surface area contributed by atoms with Gasteiger partial charge in [-0.3, -0.25) is 13.9 Å². The number of carbonyl (C=O) groups is 1. The fraction of sp³-hybridized carbons (Fsp3) is 0.880. The minimum absolute atomic E-state index is 0.0214. The monoisotopic (exact) mass is 474 g/mol. The van der Waals surface area contributed by atoms with Crippen LogP contribution in [0.4, 0.5) is 0 Å². The zero-order valence-corrected chi connectivity index (χ0v) is 21.6. The van der Waals surface area contributed by atoms with Crippen molar-refractivity contribution >= 4 is 13.6 Å². The summed E-state index contributed by atoms with van der Waals surface area (Å²) in [5.41, 5.74) is 0.651. The number of ether oxygens (including phenoxy) is 1. The van der Waals surface area contributed by atoms with Crippen molar-refractivity contribution in [2.75, 3.05) is 7.11 Å². The van der Waals surface area contributed by atoms with Crippen LogP contribution in [0.5, 0.6) is 0 Å². The molecule has 0 saturated carbocycles. The maximum absolute atomic E-state index is 12.8. The van der Waals surface area contributed by atoms with Gasteiger partial charge in [0.25, 0.3) is 0 Å². The lowest BCUT2D eigenvalue weighted by molar-refractivity contribution is -0.136. The van der Waals surface area contributed by atoms with Crippen LogP contribution in [0.15, 0.2) is 11.1 Å². The van der Waals surface area contributed by atoms with Crippen LogP contribution < -0.4 is 0 Å². The molecule has 0 aromatic carbocycles. The second-order valence-corrected chi connectivity index (χ2v) is 11.0. The summed E-state index contributed by atoms with van der Waals surface area (Å²) in [7, 11) is -2.57. The normalized spacial score (nSPS) is 16.9. The molecule has 6 nitrogen and oxygen atoms in total. The van der Waals surface area contributed by atoms with Crippen molar-refractivity contribution in [3.8, 4) is 0 Å². The second-order valence-electron chi connectivity index (χ2n) is 9.00. The first kappa shape index (κ1) is 29.4. The van der Waals surface area contributed by atoms with Gasteiger partial charge in [0.15, 0.2) is 6.29 Å². The molecule has 2 unspecified atom stereocenters. The van der Waals surface area contributed by atoms with Crippen molar-refractivity contribution in [1.29, 1.82) is 0 Å². The van der Waals surface area contributed by atoms with Crippen LogP contribution in [0.1, 0.15) is 129 Å². The number of hydrogen-bond donors (Lipinski definition) is 1. The molecule has 1 heterocycles. The lowest BCUT2D eigenvalue weighted by Crippen LogP contribution is -2.08. The Hall–Kier alpha value is -0.680. The van der Waals surface area contributed by atoms with Gasteiger partial charge >= 0.3 is 13.6 Å². The van der Waals surface area contributed by atoms with E-state index in [9.17, 15) is 14.5 Å². The highest BCUT2D eigenvalue weighted by Gasteiger charge is 2.41. The summed E-state index contributed by atoms with van der Waals surface area (Å²) in [5.74, 6) is -0.446. The van der Waals surface area contributed by atoms with Gasteiger partial charge in [-0.25, -0.2) is 0 Å². The number of esters is 1. The summed E-state index contributed by atoms with van der Waals surface area (Å²) < 4.78 is 27.9. The van der Waals surface area contributed by atoms with Crippen LogP contribution >= 0.6 is 7.60 Å². The lowest BCUT2D eigenvalue weighted by atomic mass is 10.0. The summed E-state index contributed by atoms with van der Waals surface area (Å²) in [6.45, 7) is 3.61. The predicted molar refractivity (Wildman–Crippen MR) is 129 cm³/mol. The minimum atomic E-state index is -3.80. The highest BCUT2D eigenvalue weighted by molar-refractivity contribution is 7.58. The number of rotatable bonds is 21. The van der Waals surface area contributed by atoms with E-state index >= 15 is 0 Å². The summed E-state index contributed by atoms with van der Waals surface area (Å²) in [6.07, 6.45) is 20.3. The van der Waals surface area contributed by atoms with Crippen molar-refractivity contribution in [3.63, 3.8) is 0 Å². The van der Waals surface area contributed by atoms with E-state index in [1.807, 2.05) is 0 Å². The third kappa shape index (κ3) is 12.5. The summed E-state index contributed by atoms with van der Waals surface area (Å²) in [5, 5.41) is 9.42. The van der Waals surface area contributed by atoms with Crippen LogP contribution in [0.2, 0.25) is 0 Å². The van der Waals surface area contributed by atoms with Gasteiger partial charge in [-0.1, -0.05) is 103 Å². The number of aliphatic hydroxyl groups is 1. The van der Waals surface area contributed by atoms with Crippen molar-refractivity contribution in [2.45, 2.75) is 136 Å². The molecule has 0 aliphatic carbocycles. The van der Waals surface area contributed by atoms with E-state index in [0.717, 1.165) is 12.8 Å². The fourth-order valence-electron chi connectivity index (χ4n) is 4.17. The largest absolute Gasteiger partial charge is 0.418 e. The van der Waals surface area contributed by atoms with Gasteiger partial charge in [0.05, 0.1) is 6.42 Å². The second kappa shape index (κ2) is 17.8. The van der Waals surface area contributed by atoms with E-state index < -0.39 is 19.9 Å². The third-order valence-electron chi connectivity index (χ3n) is 5.98. The average Bonchev–Trinajstić information content (AvgIpc) is 3.14. The van der Waals surface area contributed by atoms with Crippen LogP contribution in [0.3, 0.4) is 0 Å². The Morgan fingerprint density at radius 3 is 1.72 bits per heavy atom. The first-order valence-electron chi connectivity index (χ1n) is 12.9. The van der Waals surface area contributed by atoms with Crippen molar-refractivity contribution < 1.29 is 28.3 Å². The first-order chi connectivity index (χ1) is 15.4. The maximum Gasteiger partial charge on any atom is 0.398 e. The Bertz CT molecular complexity index is 587. The summed E-state index contributed by atoms with van der Waals surface area (Å²) in [6, 6.07) is 0. The van der Waals surface area contributed by atoms with E-state index in [4.69, 9.17) is 13.8 Å². The first-order valence-corrected chi connectivity index (χ1v) is 14.4. The van der Waals surface area contributed by atoms with Crippen molar-refractivity contribution in [2.24, 2.45) is 0 Å². The third-order valence-corrected chi connectivity index (χ3v) is 7.95. The topological polar surface area (TPSA) is 82.1 Å². The SMILES string of the molecule is CCCCCCCCCCCCCCCCCCC1=C(P(=O)(OC)OC(C)O)OC(=O)C1. The Morgan fingerprint density at radius 2 is 1.31 bits per heavy atom. The molecule has 1 rings (SSSR count). The number of hydrogen-bond acceptors (Lipinski definition) is 6. The maximum atomic E-state index is 12.8. The Morgan fingerprint density at radius 1 is 0.875 bits per heavy atom. The summed E-state index contributed by atoms with van der Waals surface area (Å²) in [4.78, 5) is 11.7. The van der Waals surface area contributed by atoms with E-state index in [1.165, 1.54) is 104 Å². The number of aliphatic hydroxyl groups excluding tert-OH is 1. The molecule has 0 aromatic rings. The molecule has 0 fully saturated rings. The molecule has 0 saturated heterocycles. The number of unbranched alkanes of at least 4 members (excludes halogenated alkanes) is 15. The highest BCUT2D eigenvalue weighted by atomic mass is 31.2. The molecule has 32 heavy (non-hydrogen) atoms. The van der Waals surface area contributed by atoms with Gasteiger partial charge in [0.2, 0.25) is 5.50 Å². The predicted octanol–water partition coefficient (Wildman–Crippen LogP) is 7.99. The molecule has 188 valence electrons. The van der Waals surface area contributed by atoms with Crippen LogP contribution in [-0.2, 0) is 23.1 Å². The molecule has 0 aromatic heterocycles. The zero-order valence-electron chi connectivity index (χ0n) is 20.7. The van der Waals surface area contributed by atoms with Crippen LogP contribution in [0.25, 0.3) is 0 Å².